The predicted octanol–water partition coefficient (Wildman–Crippen LogP) is 2.86. The molecular formula is C12H22O4. The van der Waals surface area contributed by atoms with Gasteiger partial charge in [-0.2, -0.15) is 0 Å². The molecule has 0 radical (unpaired) electrons. The molecule has 16 heavy (non-hydrogen) atoms. The number of rotatable bonds is 2. The number of hydrogen-bond donors (Lipinski definition) is 0. The fourth-order valence-electron chi connectivity index (χ4n) is 1.02. The second-order valence-electron chi connectivity index (χ2n) is 6.39. The lowest BCUT2D eigenvalue weighted by Gasteiger charge is -2.17. The Hall–Kier alpha value is -1.06. The third kappa shape index (κ3) is 9.49. The van der Waals surface area contributed by atoms with Gasteiger partial charge in [0.15, 0.2) is 0 Å². The van der Waals surface area contributed by atoms with Crippen molar-refractivity contribution in [3.05, 3.63) is 0 Å². The van der Waals surface area contributed by atoms with Gasteiger partial charge in [-0.15, -0.1) is 0 Å². The van der Waals surface area contributed by atoms with Crippen LogP contribution in [0, 0.1) is 10.8 Å². The van der Waals surface area contributed by atoms with Crippen molar-refractivity contribution in [1.82, 2.24) is 0 Å². The molecule has 0 saturated carbocycles. The molecule has 94 valence electrons. The van der Waals surface area contributed by atoms with E-state index in [1.165, 1.54) is 0 Å². The van der Waals surface area contributed by atoms with E-state index < -0.39 is 11.9 Å². The Kier molecular flexibility index (Phi) is 4.97. The van der Waals surface area contributed by atoms with Gasteiger partial charge in [-0.25, -0.2) is 19.4 Å². The lowest BCUT2D eigenvalue weighted by Crippen LogP contribution is -2.20. The van der Waals surface area contributed by atoms with Gasteiger partial charge in [0.25, 0.3) is 0 Å². The van der Waals surface area contributed by atoms with Gasteiger partial charge in [-0.05, 0) is 10.8 Å². The molecule has 0 aromatic rings. The molecule has 0 unspecified atom stereocenters. The van der Waals surface area contributed by atoms with Crippen LogP contribution in [0.1, 0.15) is 54.4 Å². The number of carbonyl (C=O) groups excluding carboxylic acids is 2. The van der Waals surface area contributed by atoms with Crippen molar-refractivity contribution in [2.24, 2.45) is 10.8 Å². The minimum absolute atomic E-state index is 0.173. The molecule has 0 N–H and O–H groups in total. The minimum atomic E-state index is -0.519. The van der Waals surface area contributed by atoms with E-state index >= 15 is 0 Å². The summed E-state index contributed by atoms with van der Waals surface area (Å²) in [5.41, 5.74) is -0.346. The molecule has 0 rings (SSSR count). The fraction of sp³-hybridized carbons (Fsp3) is 0.833. The summed E-state index contributed by atoms with van der Waals surface area (Å²) < 4.78 is 0. The zero-order valence-electron chi connectivity index (χ0n) is 11.0. The molecule has 0 atom stereocenters. The van der Waals surface area contributed by atoms with E-state index in [2.05, 4.69) is 9.78 Å². The summed E-state index contributed by atoms with van der Waals surface area (Å²) in [7, 11) is 0. The maximum absolute atomic E-state index is 11.2. The van der Waals surface area contributed by atoms with Crippen LogP contribution < -0.4 is 0 Å². The summed E-state index contributed by atoms with van der Waals surface area (Å²) in [4.78, 5) is 31.3. The summed E-state index contributed by atoms with van der Waals surface area (Å²) in [5, 5.41) is 0. The van der Waals surface area contributed by atoms with Crippen LogP contribution in [-0.4, -0.2) is 11.9 Å². The van der Waals surface area contributed by atoms with E-state index in [0.717, 1.165) is 0 Å². The second kappa shape index (κ2) is 5.32. The van der Waals surface area contributed by atoms with Crippen LogP contribution in [0.3, 0.4) is 0 Å². The molecule has 0 aliphatic heterocycles. The van der Waals surface area contributed by atoms with Crippen LogP contribution in [0.4, 0.5) is 0 Å². The first-order valence-electron chi connectivity index (χ1n) is 5.40. The zero-order chi connectivity index (χ0) is 13.0. The predicted molar refractivity (Wildman–Crippen MR) is 60.3 cm³/mol. The van der Waals surface area contributed by atoms with E-state index in [1.807, 2.05) is 41.5 Å². The Morgan fingerprint density at radius 1 is 0.750 bits per heavy atom. The van der Waals surface area contributed by atoms with E-state index in [0.29, 0.717) is 0 Å². The van der Waals surface area contributed by atoms with Crippen molar-refractivity contribution >= 4 is 11.9 Å². The summed E-state index contributed by atoms with van der Waals surface area (Å²) >= 11 is 0. The zero-order valence-corrected chi connectivity index (χ0v) is 11.0. The highest BCUT2D eigenvalue weighted by molar-refractivity contribution is 5.73. The van der Waals surface area contributed by atoms with Gasteiger partial charge < -0.3 is 0 Å². The second-order valence-corrected chi connectivity index (χ2v) is 6.39. The van der Waals surface area contributed by atoms with Gasteiger partial charge in [0.05, 0.1) is 12.8 Å². The number of carbonyl (C=O) groups is 2. The molecule has 0 aliphatic carbocycles. The average Bonchev–Trinajstić information content (AvgIpc) is 1.94. The van der Waals surface area contributed by atoms with Crippen molar-refractivity contribution < 1.29 is 19.4 Å². The van der Waals surface area contributed by atoms with Crippen molar-refractivity contribution in [2.45, 2.75) is 54.4 Å². The Bertz CT molecular complexity index is 227. The highest BCUT2D eigenvalue weighted by Gasteiger charge is 2.21. The summed E-state index contributed by atoms with van der Waals surface area (Å²) in [6.45, 7) is 11.4. The highest BCUT2D eigenvalue weighted by atomic mass is 17.2. The lowest BCUT2D eigenvalue weighted by molar-refractivity contribution is -0.261. The summed E-state index contributed by atoms with van der Waals surface area (Å²) in [5.74, 6) is -1.04. The first kappa shape index (κ1) is 14.9. The van der Waals surface area contributed by atoms with Crippen LogP contribution in [-0.2, 0) is 19.4 Å². The van der Waals surface area contributed by atoms with Gasteiger partial charge >= 0.3 is 11.9 Å². The minimum Gasteiger partial charge on any atom is -0.247 e. The van der Waals surface area contributed by atoms with Crippen molar-refractivity contribution in [2.75, 3.05) is 0 Å². The molecule has 0 amide bonds. The molecule has 0 heterocycles. The average molecular weight is 230 g/mol. The summed E-state index contributed by atoms with van der Waals surface area (Å²) in [6.07, 6.45) is 0.436. The Labute approximate surface area is 97.2 Å². The summed E-state index contributed by atoms with van der Waals surface area (Å²) in [6, 6.07) is 0. The van der Waals surface area contributed by atoms with Crippen LogP contribution in [0.2, 0.25) is 0 Å². The lowest BCUT2D eigenvalue weighted by atomic mass is 9.92. The Balaban J connectivity index is 3.90. The van der Waals surface area contributed by atoms with Gasteiger partial charge in [-0.1, -0.05) is 41.5 Å². The monoisotopic (exact) mass is 230 g/mol. The van der Waals surface area contributed by atoms with Crippen LogP contribution >= 0.6 is 0 Å². The van der Waals surface area contributed by atoms with Gasteiger partial charge in [0.2, 0.25) is 0 Å². The topological polar surface area (TPSA) is 52.6 Å². The molecule has 0 spiro atoms. The van der Waals surface area contributed by atoms with Gasteiger partial charge in [0.1, 0.15) is 0 Å². The molecule has 0 saturated heterocycles. The first-order chi connectivity index (χ1) is 6.99. The van der Waals surface area contributed by atoms with E-state index in [4.69, 9.17) is 0 Å². The molecule has 0 aliphatic rings. The molecular weight excluding hydrogens is 208 g/mol. The molecule has 4 nitrogen and oxygen atoms in total. The van der Waals surface area contributed by atoms with Crippen molar-refractivity contribution in [3.8, 4) is 0 Å². The van der Waals surface area contributed by atoms with Crippen molar-refractivity contribution in [1.29, 1.82) is 0 Å². The van der Waals surface area contributed by atoms with Crippen molar-refractivity contribution in [3.63, 3.8) is 0 Å². The van der Waals surface area contributed by atoms with E-state index in [9.17, 15) is 9.59 Å². The first-order valence-corrected chi connectivity index (χ1v) is 5.40. The fourth-order valence-corrected chi connectivity index (χ4v) is 1.02. The third-order valence-electron chi connectivity index (χ3n) is 1.58. The SMILES string of the molecule is CC(C)(C)CC(=O)OOC(=O)CC(C)(C)C. The standard InChI is InChI=1S/C12H22O4/c1-11(2,3)7-9(13)15-16-10(14)8-12(4,5)6/h7-8H2,1-6H3. The molecule has 0 aromatic heterocycles. The van der Waals surface area contributed by atoms with Crippen LogP contribution in [0.15, 0.2) is 0 Å². The molecule has 0 fully saturated rings. The molecule has 0 bridgehead atoms. The van der Waals surface area contributed by atoms with Gasteiger partial charge in [0, 0.05) is 0 Å². The van der Waals surface area contributed by atoms with Gasteiger partial charge in [-0.3, -0.25) is 0 Å². The largest absolute Gasteiger partial charge is 0.356 e. The maximum atomic E-state index is 11.2. The van der Waals surface area contributed by atoms with E-state index in [1.54, 1.807) is 0 Å². The normalized spacial score (nSPS) is 12.1. The highest BCUT2D eigenvalue weighted by Crippen LogP contribution is 2.20. The molecule has 4 heteroatoms. The van der Waals surface area contributed by atoms with E-state index in [-0.39, 0.29) is 23.7 Å². The maximum Gasteiger partial charge on any atom is 0.356 e. The quantitative estimate of drug-likeness (QED) is 0.540. The van der Waals surface area contributed by atoms with Crippen LogP contribution in [0.25, 0.3) is 0 Å². The smallest absolute Gasteiger partial charge is 0.247 e. The Morgan fingerprint density at radius 3 is 1.19 bits per heavy atom. The third-order valence-corrected chi connectivity index (χ3v) is 1.58. The number of hydrogen-bond acceptors (Lipinski definition) is 4. The Morgan fingerprint density at radius 2 is 1.00 bits per heavy atom. The van der Waals surface area contributed by atoms with Crippen LogP contribution in [0.5, 0.6) is 0 Å². The molecule has 0 aromatic carbocycles.